The molecule has 9 heteroatoms. The van der Waals surface area contributed by atoms with E-state index in [9.17, 15) is 19.5 Å². The van der Waals surface area contributed by atoms with Crippen LogP contribution in [0.5, 0.6) is 0 Å². The Bertz CT molecular complexity index is 1080. The van der Waals surface area contributed by atoms with Gasteiger partial charge in [-0.3, -0.25) is 14.4 Å². The Morgan fingerprint density at radius 3 is 1.50 bits per heavy atom. The molecule has 2 aromatic carbocycles. The van der Waals surface area contributed by atoms with E-state index in [2.05, 4.69) is 0 Å². The van der Waals surface area contributed by atoms with Crippen LogP contribution < -0.4 is 5.73 Å². The maximum Gasteiger partial charge on any atom is 0.307 e. The first-order valence-corrected chi connectivity index (χ1v) is 15.3. The Balaban J connectivity index is 0.000000442. The summed E-state index contributed by atoms with van der Waals surface area (Å²) in [5.74, 6) is -2.42. The predicted molar refractivity (Wildman–Crippen MR) is 171 cm³/mol. The smallest absolute Gasteiger partial charge is 0.307 e. The second kappa shape index (κ2) is 20.6. The number of carbonyl (C=O) groups excluding carboxylic acids is 2. The molecule has 3 N–H and O–H groups in total. The summed E-state index contributed by atoms with van der Waals surface area (Å²) in [5.41, 5.74) is 7.13. The van der Waals surface area contributed by atoms with Gasteiger partial charge in [-0.2, -0.15) is 0 Å². The summed E-state index contributed by atoms with van der Waals surface area (Å²) in [6.07, 6.45) is 2.74. The minimum Gasteiger partial charge on any atom is -0.481 e. The van der Waals surface area contributed by atoms with Crippen LogP contribution in [0, 0.1) is 5.92 Å². The number of nitrogens with two attached hydrogens (primary N) is 1. The molecule has 0 spiro atoms. The van der Waals surface area contributed by atoms with Gasteiger partial charge in [-0.25, -0.2) is 0 Å². The van der Waals surface area contributed by atoms with Gasteiger partial charge in [0.2, 0.25) is 0 Å². The number of carboxylic acid groups (broad SMARTS) is 1. The van der Waals surface area contributed by atoms with Crippen LogP contribution in [-0.2, 0) is 46.5 Å². The van der Waals surface area contributed by atoms with Gasteiger partial charge >= 0.3 is 17.9 Å². The summed E-state index contributed by atoms with van der Waals surface area (Å²) in [5, 5.41) is 9.21. The van der Waals surface area contributed by atoms with Crippen molar-refractivity contribution in [3.8, 4) is 0 Å². The second-order valence-corrected chi connectivity index (χ2v) is 12.7. The summed E-state index contributed by atoms with van der Waals surface area (Å²) in [7, 11) is 0. The Kier molecular flexibility index (Phi) is 18.2. The molecular weight excluding hydrogens is 562 g/mol. The van der Waals surface area contributed by atoms with Crippen LogP contribution >= 0.6 is 0 Å². The van der Waals surface area contributed by atoms with Crippen LogP contribution in [0.3, 0.4) is 0 Å². The molecule has 0 heterocycles. The fourth-order valence-electron chi connectivity index (χ4n) is 4.00. The molecule has 0 saturated heterocycles. The zero-order valence-electron chi connectivity index (χ0n) is 27.4. The Morgan fingerprint density at radius 2 is 1.09 bits per heavy atom. The van der Waals surface area contributed by atoms with Crippen molar-refractivity contribution >= 4 is 17.9 Å². The van der Waals surface area contributed by atoms with Crippen LogP contribution in [0.1, 0.15) is 91.2 Å². The van der Waals surface area contributed by atoms with Gasteiger partial charge < -0.3 is 29.8 Å². The van der Waals surface area contributed by atoms with Crippen molar-refractivity contribution in [3.05, 3.63) is 71.8 Å². The number of carbonyl (C=O) groups is 3. The Labute approximate surface area is 263 Å². The number of rotatable bonds is 17. The lowest BCUT2D eigenvalue weighted by atomic mass is 10.00. The number of esters is 2. The number of ether oxygens (including phenoxy) is 4. The fourth-order valence-corrected chi connectivity index (χ4v) is 4.00. The van der Waals surface area contributed by atoms with E-state index in [1.54, 1.807) is 20.8 Å². The molecule has 246 valence electrons. The number of hydrogen-bond donors (Lipinski definition) is 2. The van der Waals surface area contributed by atoms with Gasteiger partial charge in [0.05, 0.1) is 32.0 Å². The van der Waals surface area contributed by atoms with Crippen LogP contribution in [0.4, 0.5) is 0 Å². The maximum atomic E-state index is 11.7. The molecule has 0 unspecified atom stereocenters. The minimum atomic E-state index is -0.973. The van der Waals surface area contributed by atoms with Gasteiger partial charge in [0.15, 0.2) is 0 Å². The molecule has 2 aromatic rings. The van der Waals surface area contributed by atoms with Gasteiger partial charge in [-0.05, 0) is 78.4 Å². The van der Waals surface area contributed by atoms with Gasteiger partial charge in [-0.1, -0.05) is 60.7 Å². The Hall–Kier alpha value is -3.27. The van der Waals surface area contributed by atoms with Crippen LogP contribution in [-0.4, -0.2) is 53.5 Å². The molecule has 2 atom stereocenters. The number of aliphatic carboxylic acids is 1. The van der Waals surface area contributed by atoms with E-state index >= 15 is 0 Å². The molecule has 0 bridgehead atoms. The molecule has 0 aromatic heterocycles. The number of hydrogen-bond acceptors (Lipinski definition) is 8. The highest BCUT2D eigenvalue weighted by molar-refractivity contribution is 5.78. The topological polar surface area (TPSA) is 134 Å². The van der Waals surface area contributed by atoms with E-state index in [-0.39, 0.29) is 24.9 Å². The van der Waals surface area contributed by atoms with Gasteiger partial charge in [0, 0.05) is 19.3 Å². The molecular formula is C35H53NO8. The van der Waals surface area contributed by atoms with Crippen molar-refractivity contribution < 1.29 is 38.4 Å². The van der Waals surface area contributed by atoms with Crippen LogP contribution in [0.2, 0.25) is 0 Å². The van der Waals surface area contributed by atoms with Crippen molar-refractivity contribution in [2.45, 2.75) is 111 Å². The molecule has 0 amide bonds. The zero-order valence-corrected chi connectivity index (χ0v) is 27.4. The van der Waals surface area contributed by atoms with E-state index in [1.807, 2.05) is 81.4 Å². The lowest BCUT2D eigenvalue weighted by molar-refractivity contribution is -0.160. The highest BCUT2D eigenvalue weighted by Crippen LogP contribution is 2.17. The molecule has 9 nitrogen and oxygen atoms in total. The average Bonchev–Trinajstić information content (AvgIpc) is 2.91. The molecule has 0 saturated carbocycles. The summed E-state index contributed by atoms with van der Waals surface area (Å²) in [4.78, 5) is 34.6. The lowest BCUT2D eigenvalue weighted by Gasteiger charge is -2.21. The highest BCUT2D eigenvalue weighted by atomic mass is 16.6. The van der Waals surface area contributed by atoms with Crippen molar-refractivity contribution in [2.75, 3.05) is 13.2 Å². The quantitative estimate of drug-likeness (QED) is 0.152. The van der Waals surface area contributed by atoms with E-state index in [0.29, 0.717) is 39.3 Å². The number of benzene rings is 2. The lowest BCUT2D eigenvalue weighted by Crippen LogP contribution is -2.30. The highest BCUT2D eigenvalue weighted by Gasteiger charge is 2.25. The van der Waals surface area contributed by atoms with Gasteiger partial charge in [-0.15, -0.1) is 0 Å². The van der Waals surface area contributed by atoms with Gasteiger partial charge in [0.25, 0.3) is 0 Å². The molecule has 44 heavy (non-hydrogen) atoms. The first kappa shape index (κ1) is 38.8. The van der Waals surface area contributed by atoms with Crippen molar-refractivity contribution in [1.82, 2.24) is 0 Å². The van der Waals surface area contributed by atoms with E-state index in [0.717, 1.165) is 24.0 Å². The molecule has 0 aliphatic rings. The third-order valence-corrected chi connectivity index (χ3v) is 5.96. The fraction of sp³-hybridized carbons (Fsp3) is 0.571. The summed E-state index contributed by atoms with van der Waals surface area (Å²) >= 11 is 0. The standard InChI is InChI=1S/C18H26O5.C17H27NO3/c1-18(2,3)23-16(19)12-15(17(20)21)10-7-11-22-13-14-8-5-4-6-9-14;1-17(2,3)21-16(19)12-15(18)10-7-11-20-13-14-8-5-4-6-9-14/h4-6,8-9,15H,7,10-13H2,1-3H3,(H,20,21);4-6,8-9,15H,7,10-13,18H2,1-3H3/t2*15-/m00/s1. The first-order valence-electron chi connectivity index (χ1n) is 15.3. The minimum absolute atomic E-state index is 0.106. The monoisotopic (exact) mass is 615 g/mol. The maximum absolute atomic E-state index is 11.7. The largest absolute Gasteiger partial charge is 0.481 e. The number of carboxylic acids is 1. The average molecular weight is 616 g/mol. The van der Waals surface area contributed by atoms with Crippen molar-refractivity contribution in [3.63, 3.8) is 0 Å². The Morgan fingerprint density at radius 1 is 0.682 bits per heavy atom. The molecule has 0 radical (unpaired) electrons. The third kappa shape index (κ3) is 21.4. The van der Waals surface area contributed by atoms with Gasteiger partial charge in [0.1, 0.15) is 11.2 Å². The normalized spacial score (nSPS) is 12.8. The predicted octanol–water partition coefficient (Wildman–Crippen LogP) is 6.46. The van der Waals surface area contributed by atoms with Crippen molar-refractivity contribution in [1.29, 1.82) is 0 Å². The third-order valence-electron chi connectivity index (χ3n) is 5.96. The SMILES string of the molecule is CC(C)(C)OC(=O)C[C@@H](N)CCCOCc1ccccc1.CC(C)(C)OC(=O)C[C@H](CCCOCc1ccccc1)C(=O)O. The summed E-state index contributed by atoms with van der Waals surface area (Å²) in [6, 6.07) is 19.7. The molecule has 0 aliphatic carbocycles. The second-order valence-electron chi connectivity index (χ2n) is 12.7. The van der Waals surface area contributed by atoms with Crippen LogP contribution in [0.15, 0.2) is 60.7 Å². The van der Waals surface area contributed by atoms with E-state index < -0.39 is 29.1 Å². The first-order chi connectivity index (χ1) is 20.6. The van der Waals surface area contributed by atoms with Crippen LogP contribution in [0.25, 0.3) is 0 Å². The molecule has 2 rings (SSSR count). The molecule has 0 fully saturated rings. The van der Waals surface area contributed by atoms with Crippen molar-refractivity contribution in [2.24, 2.45) is 11.7 Å². The summed E-state index contributed by atoms with van der Waals surface area (Å²) in [6.45, 7) is 13.1. The summed E-state index contributed by atoms with van der Waals surface area (Å²) < 4.78 is 21.5. The van der Waals surface area contributed by atoms with E-state index in [4.69, 9.17) is 24.7 Å². The van der Waals surface area contributed by atoms with E-state index in [1.165, 1.54) is 0 Å². The zero-order chi connectivity index (χ0) is 33.0. The molecule has 0 aliphatic heterocycles.